The van der Waals surface area contributed by atoms with Crippen LogP contribution in [0.15, 0.2) is 18.5 Å². The highest BCUT2D eigenvalue weighted by Crippen LogP contribution is 2.43. The summed E-state index contributed by atoms with van der Waals surface area (Å²) >= 11 is 0. The standard InChI is InChI=1S/C12H15NO2/c1-9-5-10(8-13-7-9)6-12(11(14)15)3-2-4-12/h5,7-8H,2-4,6H2,1H3,(H,14,15). The quantitative estimate of drug-likeness (QED) is 0.822. The summed E-state index contributed by atoms with van der Waals surface area (Å²) in [5, 5.41) is 9.19. The number of carbonyl (C=O) groups is 1. The van der Waals surface area contributed by atoms with Crippen molar-refractivity contribution in [3.63, 3.8) is 0 Å². The molecule has 1 aromatic rings. The minimum absolute atomic E-state index is 0.504. The van der Waals surface area contributed by atoms with Gasteiger partial charge in [0, 0.05) is 12.4 Å². The smallest absolute Gasteiger partial charge is 0.309 e. The van der Waals surface area contributed by atoms with Crippen molar-refractivity contribution in [2.75, 3.05) is 0 Å². The summed E-state index contributed by atoms with van der Waals surface area (Å²) in [5.74, 6) is -0.657. The van der Waals surface area contributed by atoms with Crippen LogP contribution in [0.4, 0.5) is 0 Å². The minimum atomic E-state index is -0.657. The third kappa shape index (κ3) is 1.87. The van der Waals surface area contributed by atoms with Gasteiger partial charge >= 0.3 is 5.97 Å². The van der Waals surface area contributed by atoms with E-state index in [2.05, 4.69) is 4.98 Å². The third-order valence-electron chi connectivity index (χ3n) is 3.24. The number of pyridine rings is 1. The second-order valence-electron chi connectivity index (χ2n) is 4.49. The van der Waals surface area contributed by atoms with Crippen LogP contribution in [0, 0.1) is 12.3 Å². The largest absolute Gasteiger partial charge is 0.481 e. The predicted octanol–water partition coefficient (Wildman–Crippen LogP) is 2.19. The number of carboxylic acids is 1. The van der Waals surface area contributed by atoms with E-state index >= 15 is 0 Å². The molecule has 15 heavy (non-hydrogen) atoms. The highest BCUT2D eigenvalue weighted by Gasteiger charge is 2.44. The molecular weight excluding hydrogens is 190 g/mol. The van der Waals surface area contributed by atoms with E-state index in [9.17, 15) is 9.90 Å². The van der Waals surface area contributed by atoms with Crippen LogP contribution in [0.3, 0.4) is 0 Å². The Hall–Kier alpha value is -1.38. The summed E-state index contributed by atoms with van der Waals surface area (Å²) in [6, 6.07) is 2.02. The van der Waals surface area contributed by atoms with Crippen LogP contribution in [0.5, 0.6) is 0 Å². The van der Waals surface area contributed by atoms with Crippen LogP contribution < -0.4 is 0 Å². The molecule has 3 heteroatoms. The van der Waals surface area contributed by atoms with E-state index in [1.165, 1.54) is 0 Å². The number of carboxylic acid groups (broad SMARTS) is 1. The van der Waals surface area contributed by atoms with E-state index in [0.29, 0.717) is 6.42 Å². The second-order valence-corrected chi connectivity index (χ2v) is 4.49. The summed E-state index contributed by atoms with van der Waals surface area (Å²) in [4.78, 5) is 15.3. The van der Waals surface area contributed by atoms with Gasteiger partial charge in [-0.15, -0.1) is 0 Å². The van der Waals surface area contributed by atoms with Gasteiger partial charge in [-0.2, -0.15) is 0 Å². The molecule has 1 aliphatic carbocycles. The fourth-order valence-corrected chi connectivity index (χ4v) is 2.17. The number of hydrogen-bond acceptors (Lipinski definition) is 2. The molecule has 1 aliphatic rings. The topological polar surface area (TPSA) is 50.2 Å². The molecule has 0 aromatic carbocycles. The van der Waals surface area contributed by atoms with Crippen LogP contribution in [0.1, 0.15) is 30.4 Å². The van der Waals surface area contributed by atoms with Crippen molar-refractivity contribution >= 4 is 5.97 Å². The van der Waals surface area contributed by atoms with Gasteiger partial charge in [0.15, 0.2) is 0 Å². The van der Waals surface area contributed by atoms with Gasteiger partial charge in [0.1, 0.15) is 0 Å². The Bertz CT molecular complexity index is 383. The van der Waals surface area contributed by atoms with E-state index in [1.807, 2.05) is 13.0 Å². The number of rotatable bonds is 3. The first-order chi connectivity index (χ1) is 7.12. The molecule has 1 fully saturated rings. The van der Waals surface area contributed by atoms with E-state index in [-0.39, 0.29) is 0 Å². The lowest BCUT2D eigenvalue weighted by Crippen LogP contribution is -2.39. The third-order valence-corrected chi connectivity index (χ3v) is 3.24. The number of aromatic nitrogens is 1. The molecule has 0 spiro atoms. The van der Waals surface area contributed by atoms with Crippen molar-refractivity contribution in [1.29, 1.82) is 0 Å². The van der Waals surface area contributed by atoms with Crippen molar-refractivity contribution in [1.82, 2.24) is 4.98 Å². The Balaban J connectivity index is 2.17. The zero-order chi connectivity index (χ0) is 10.9. The Morgan fingerprint density at radius 1 is 1.53 bits per heavy atom. The number of aliphatic carboxylic acids is 1. The molecule has 0 aliphatic heterocycles. The molecule has 0 saturated heterocycles. The van der Waals surface area contributed by atoms with Crippen LogP contribution in [0.2, 0.25) is 0 Å². The maximum absolute atomic E-state index is 11.2. The number of aryl methyl sites for hydroxylation is 1. The molecule has 0 radical (unpaired) electrons. The molecule has 0 atom stereocenters. The summed E-state index contributed by atoms with van der Waals surface area (Å²) < 4.78 is 0. The van der Waals surface area contributed by atoms with Crippen LogP contribution >= 0.6 is 0 Å². The Morgan fingerprint density at radius 3 is 2.73 bits per heavy atom. The number of hydrogen-bond donors (Lipinski definition) is 1. The van der Waals surface area contributed by atoms with Gasteiger partial charge in [-0.1, -0.05) is 12.5 Å². The molecule has 1 heterocycles. The summed E-state index contributed by atoms with van der Waals surface area (Å²) in [7, 11) is 0. The Morgan fingerprint density at radius 2 is 2.27 bits per heavy atom. The summed E-state index contributed by atoms with van der Waals surface area (Å²) in [5.41, 5.74) is 1.62. The normalized spacial score (nSPS) is 18.2. The lowest BCUT2D eigenvalue weighted by atomic mass is 9.65. The maximum atomic E-state index is 11.2. The molecule has 3 nitrogen and oxygen atoms in total. The fraction of sp³-hybridized carbons (Fsp3) is 0.500. The van der Waals surface area contributed by atoms with Gasteiger partial charge in [-0.3, -0.25) is 9.78 Å². The zero-order valence-electron chi connectivity index (χ0n) is 8.86. The van der Waals surface area contributed by atoms with Crippen LogP contribution in [-0.4, -0.2) is 16.1 Å². The number of nitrogens with zero attached hydrogens (tertiary/aromatic N) is 1. The molecule has 0 amide bonds. The van der Waals surface area contributed by atoms with E-state index in [0.717, 1.165) is 30.4 Å². The molecule has 0 bridgehead atoms. The summed E-state index contributed by atoms with van der Waals surface area (Å²) in [6.45, 7) is 1.98. The van der Waals surface area contributed by atoms with Crippen molar-refractivity contribution in [3.05, 3.63) is 29.6 Å². The minimum Gasteiger partial charge on any atom is -0.481 e. The van der Waals surface area contributed by atoms with Gasteiger partial charge in [0.2, 0.25) is 0 Å². The Kier molecular flexibility index (Phi) is 2.47. The average Bonchev–Trinajstić information content (AvgIpc) is 2.11. The average molecular weight is 205 g/mol. The molecule has 1 aromatic heterocycles. The molecular formula is C12H15NO2. The Labute approximate surface area is 89.2 Å². The molecule has 1 N–H and O–H groups in total. The lowest BCUT2D eigenvalue weighted by molar-refractivity contribution is -0.154. The van der Waals surface area contributed by atoms with E-state index in [4.69, 9.17) is 0 Å². The van der Waals surface area contributed by atoms with Gasteiger partial charge in [-0.25, -0.2) is 0 Å². The van der Waals surface area contributed by atoms with Crippen molar-refractivity contribution in [2.45, 2.75) is 32.6 Å². The van der Waals surface area contributed by atoms with E-state index < -0.39 is 11.4 Å². The molecule has 0 unspecified atom stereocenters. The second kappa shape index (κ2) is 3.65. The van der Waals surface area contributed by atoms with Gasteiger partial charge < -0.3 is 5.11 Å². The first kappa shape index (κ1) is 10.1. The van der Waals surface area contributed by atoms with Crippen molar-refractivity contribution < 1.29 is 9.90 Å². The maximum Gasteiger partial charge on any atom is 0.309 e. The summed E-state index contributed by atoms with van der Waals surface area (Å²) in [6.07, 6.45) is 6.82. The monoisotopic (exact) mass is 205 g/mol. The van der Waals surface area contributed by atoms with Crippen LogP contribution in [-0.2, 0) is 11.2 Å². The highest BCUT2D eigenvalue weighted by atomic mass is 16.4. The van der Waals surface area contributed by atoms with Gasteiger partial charge in [0.25, 0.3) is 0 Å². The molecule has 1 saturated carbocycles. The SMILES string of the molecule is Cc1cncc(CC2(C(=O)O)CCC2)c1. The van der Waals surface area contributed by atoms with Gasteiger partial charge in [0.05, 0.1) is 5.41 Å². The highest BCUT2D eigenvalue weighted by molar-refractivity contribution is 5.76. The lowest BCUT2D eigenvalue weighted by Gasteiger charge is -2.37. The van der Waals surface area contributed by atoms with Crippen LogP contribution in [0.25, 0.3) is 0 Å². The van der Waals surface area contributed by atoms with Crippen molar-refractivity contribution in [2.24, 2.45) is 5.41 Å². The van der Waals surface area contributed by atoms with Gasteiger partial charge in [-0.05, 0) is 37.3 Å². The first-order valence-corrected chi connectivity index (χ1v) is 5.26. The molecule has 2 rings (SSSR count). The zero-order valence-corrected chi connectivity index (χ0v) is 8.86. The molecule has 80 valence electrons. The fourth-order valence-electron chi connectivity index (χ4n) is 2.17. The first-order valence-electron chi connectivity index (χ1n) is 5.26. The predicted molar refractivity (Wildman–Crippen MR) is 56.6 cm³/mol. The van der Waals surface area contributed by atoms with E-state index in [1.54, 1.807) is 12.4 Å². The van der Waals surface area contributed by atoms with Crippen molar-refractivity contribution in [3.8, 4) is 0 Å².